The molecule has 0 amide bonds. The highest BCUT2D eigenvalue weighted by molar-refractivity contribution is 7.45. The Morgan fingerprint density at radius 3 is 2.23 bits per heavy atom. The van der Waals surface area contributed by atoms with Crippen molar-refractivity contribution in [3.63, 3.8) is 0 Å². The largest absolute Gasteiger partial charge is 0.341 e. The number of hydrogen-bond acceptors (Lipinski definition) is 1. The third kappa shape index (κ3) is 7.19. The van der Waals surface area contributed by atoms with Crippen molar-refractivity contribution in [3.05, 3.63) is 0 Å². The number of unbranched alkanes of at least 4 members (excludes halogenated alkanes) is 4. The van der Waals surface area contributed by atoms with E-state index in [0.29, 0.717) is 5.66 Å². The van der Waals surface area contributed by atoms with Crippen LogP contribution in [0.25, 0.3) is 0 Å². The highest BCUT2D eigenvalue weighted by atomic mass is 31.1. The molecule has 1 nitrogen and oxygen atoms in total. The fraction of sp³-hybridized carbons (Fsp3) is 1.00. The van der Waals surface area contributed by atoms with Gasteiger partial charge in [-0.15, -0.1) is 0 Å². The lowest BCUT2D eigenvalue weighted by Gasteiger charge is -1.97. The van der Waals surface area contributed by atoms with Crippen LogP contribution >= 0.6 is 7.80 Å². The van der Waals surface area contributed by atoms with Gasteiger partial charge in [-0.25, -0.2) is 0 Å². The fourth-order valence-electron chi connectivity index (χ4n) is 1.30. The monoisotopic (exact) mass is 203 g/mol. The molecule has 0 aromatic heterocycles. The van der Waals surface area contributed by atoms with Gasteiger partial charge in [-0.1, -0.05) is 37.7 Å². The van der Waals surface area contributed by atoms with E-state index in [1.807, 2.05) is 0 Å². The van der Waals surface area contributed by atoms with Gasteiger partial charge in [0.25, 0.3) is 0 Å². The summed E-state index contributed by atoms with van der Waals surface area (Å²) in [4.78, 5) is 0. The maximum absolute atomic E-state index is 11.6. The molecular formula is C11H24OP+. The summed E-state index contributed by atoms with van der Waals surface area (Å²) in [5, 5.41) is 0. The van der Waals surface area contributed by atoms with Crippen LogP contribution in [0, 0.1) is 0 Å². The second kappa shape index (κ2) is 8.69. The van der Waals surface area contributed by atoms with Crippen molar-refractivity contribution in [1.29, 1.82) is 0 Å². The van der Waals surface area contributed by atoms with E-state index in [4.69, 9.17) is 0 Å². The molecule has 0 heterocycles. The minimum Gasteiger partial charge on any atom is -0.0745 e. The Bertz CT molecular complexity index is 134. The van der Waals surface area contributed by atoms with E-state index in [0.717, 1.165) is 12.6 Å². The molecule has 2 heteroatoms. The Kier molecular flexibility index (Phi) is 8.75. The molecule has 2 unspecified atom stereocenters. The summed E-state index contributed by atoms with van der Waals surface area (Å²) in [6.07, 6.45) is 8.39. The summed E-state index contributed by atoms with van der Waals surface area (Å²) in [7, 11) is -0.913. The van der Waals surface area contributed by atoms with Crippen LogP contribution in [0.4, 0.5) is 0 Å². The lowest BCUT2D eigenvalue weighted by molar-refractivity contribution is 0.573. The normalized spacial score (nSPS) is 14.2. The summed E-state index contributed by atoms with van der Waals surface area (Å²) in [6, 6.07) is 0. The van der Waals surface area contributed by atoms with E-state index in [1.165, 1.54) is 32.1 Å². The molecule has 78 valence electrons. The third-order valence-electron chi connectivity index (χ3n) is 2.56. The van der Waals surface area contributed by atoms with Gasteiger partial charge < -0.3 is 0 Å². The first-order valence-corrected chi connectivity index (χ1v) is 7.17. The molecular weight excluding hydrogens is 179 g/mol. The molecule has 0 saturated carbocycles. The molecule has 0 radical (unpaired) electrons. The van der Waals surface area contributed by atoms with Gasteiger partial charge in [0, 0.05) is 0 Å². The molecule has 0 saturated heterocycles. The van der Waals surface area contributed by atoms with E-state index in [-0.39, 0.29) is 0 Å². The highest BCUT2D eigenvalue weighted by Gasteiger charge is 2.21. The Morgan fingerprint density at radius 1 is 1.08 bits per heavy atom. The minimum atomic E-state index is -0.913. The zero-order valence-electron chi connectivity index (χ0n) is 9.38. The van der Waals surface area contributed by atoms with E-state index >= 15 is 0 Å². The molecule has 0 rings (SSSR count). The van der Waals surface area contributed by atoms with Crippen molar-refractivity contribution in [1.82, 2.24) is 0 Å². The highest BCUT2D eigenvalue weighted by Crippen LogP contribution is 2.31. The summed E-state index contributed by atoms with van der Waals surface area (Å²) in [6.45, 7) is 6.44. The first-order chi connectivity index (χ1) is 6.22. The predicted molar refractivity (Wildman–Crippen MR) is 61.0 cm³/mol. The number of rotatable bonds is 8. The molecule has 0 aliphatic heterocycles. The smallest absolute Gasteiger partial charge is 0.0745 e. The Labute approximate surface area is 84.1 Å². The van der Waals surface area contributed by atoms with E-state index in [2.05, 4.69) is 20.8 Å². The van der Waals surface area contributed by atoms with Crippen LogP contribution in [0.5, 0.6) is 0 Å². The van der Waals surface area contributed by atoms with Crippen molar-refractivity contribution in [3.8, 4) is 0 Å². The van der Waals surface area contributed by atoms with Gasteiger partial charge in [0.15, 0.2) is 5.66 Å². The van der Waals surface area contributed by atoms with Crippen molar-refractivity contribution in [2.45, 2.75) is 65.0 Å². The lowest BCUT2D eigenvalue weighted by Crippen LogP contribution is -1.95. The van der Waals surface area contributed by atoms with Crippen molar-refractivity contribution in [2.75, 3.05) is 6.16 Å². The molecule has 0 aromatic rings. The summed E-state index contributed by atoms with van der Waals surface area (Å²) < 4.78 is 11.6. The SMILES string of the molecule is CCCCCCC[P+](=O)C(C)CC. The summed E-state index contributed by atoms with van der Waals surface area (Å²) >= 11 is 0. The van der Waals surface area contributed by atoms with Gasteiger partial charge in [0.05, 0.1) is 0 Å². The molecule has 0 spiro atoms. The first kappa shape index (κ1) is 13.1. The predicted octanol–water partition coefficient (Wildman–Crippen LogP) is 4.58. The third-order valence-corrected chi connectivity index (χ3v) is 4.67. The average Bonchev–Trinajstić information content (AvgIpc) is 2.16. The molecule has 0 aliphatic carbocycles. The van der Waals surface area contributed by atoms with Gasteiger partial charge in [-0.2, -0.15) is 0 Å². The molecule has 0 fully saturated rings. The van der Waals surface area contributed by atoms with Gasteiger partial charge in [-0.3, -0.25) is 0 Å². The Hall–Kier alpha value is 0.100. The zero-order valence-corrected chi connectivity index (χ0v) is 10.3. The topological polar surface area (TPSA) is 17.1 Å². The summed E-state index contributed by atoms with van der Waals surface area (Å²) in [5.41, 5.74) is 0.432. The van der Waals surface area contributed by atoms with Gasteiger partial charge in [-0.05, 0) is 26.2 Å². The fourth-order valence-corrected chi connectivity index (χ4v) is 2.68. The molecule has 2 atom stereocenters. The molecule has 13 heavy (non-hydrogen) atoms. The average molecular weight is 203 g/mol. The van der Waals surface area contributed by atoms with Crippen molar-refractivity contribution in [2.24, 2.45) is 0 Å². The zero-order chi connectivity index (χ0) is 10.1. The molecule has 0 N–H and O–H groups in total. The summed E-state index contributed by atoms with van der Waals surface area (Å²) in [5.74, 6) is 0. The van der Waals surface area contributed by atoms with Crippen LogP contribution in [0.1, 0.15) is 59.3 Å². The minimum absolute atomic E-state index is 0.432. The first-order valence-electron chi connectivity index (χ1n) is 5.66. The Balaban J connectivity index is 3.27. The maximum Gasteiger partial charge on any atom is 0.341 e. The Morgan fingerprint density at radius 2 is 1.69 bits per heavy atom. The second-order valence-corrected chi connectivity index (χ2v) is 5.98. The van der Waals surface area contributed by atoms with Crippen LogP contribution < -0.4 is 0 Å². The number of hydrogen-bond donors (Lipinski definition) is 0. The maximum atomic E-state index is 11.6. The van der Waals surface area contributed by atoms with E-state index in [1.54, 1.807) is 0 Å². The van der Waals surface area contributed by atoms with Crippen LogP contribution in [0.2, 0.25) is 0 Å². The van der Waals surface area contributed by atoms with E-state index in [9.17, 15) is 4.57 Å². The standard InChI is InChI=1S/C11H24OP/c1-4-6-7-8-9-10-13(12)11(3)5-2/h11H,4-10H2,1-3H3/q+1. The molecule has 0 bridgehead atoms. The van der Waals surface area contributed by atoms with Crippen LogP contribution in [-0.4, -0.2) is 11.8 Å². The second-order valence-electron chi connectivity index (χ2n) is 3.81. The lowest BCUT2D eigenvalue weighted by atomic mass is 10.2. The van der Waals surface area contributed by atoms with Gasteiger partial charge >= 0.3 is 7.80 Å². The van der Waals surface area contributed by atoms with Gasteiger partial charge in [0.1, 0.15) is 6.16 Å². The van der Waals surface area contributed by atoms with Crippen LogP contribution in [-0.2, 0) is 4.57 Å². The quantitative estimate of drug-likeness (QED) is 0.416. The van der Waals surface area contributed by atoms with Crippen LogP contribution in [0.3, 0.4) is 0 Å². The van der Waals surface area contributed by atoms with Crippen LogP contribution in [0.15, 0.2) is 0 Å². The molecule has 0 aliphatic rings. The van der Waals surface area contributed by atoms with Crippen molar-refractivity contribution < 1.29 is 4.57 Å². The molecule has 0 aromatic carbocycles. The van der Waals surface area contributed by atoms with E-state index < -0.39 is 7.80 Å². The van der Waals surface area contributed by atoms with Crippen molar-refractivity contribution >= 4 is 7.80 Å². The van der Waals surface area contributed by atoms with Gasteiger partial charge in [0.2, 0.25) is 0 Å².